The van der Waals surface area contributed by atoms with Crippen LogP contribution >= 0.6 is 11.6 Å². The van der Waals surface area contributed by atoms with Gasteiger partial charge in [0, 0.05) is 29.1 Å². The van der Waals surface area contributed by atoms with Gasteiger partial charge in [-0.25, -0.2) is 13.1 Å². The van der Waals surface area contributed by atoms with Crippen molar-refractivity contribution in [1.82, 2.24) is 4.72 Å². The lowest BCUT2D eigenvalue weighted by Gasteiger charge is -2.45. The number of sulfonamides is 1. The van der Waals surface area contributed by atoms with Gasteiger partial charge in [0.05, 0.1) is 23.6 Å². The fourth-order valence-electron chi connectivity index (χ4n) is 8.13. The van der Waals surface area contributed by atoms with E-state index in [4.69, 9.17) is 16.3 Å². The molecule has 0 aromatic heterocycles. The van der Waals surface area contributed by atoms with E-state index in [0.29, 0.717) is 42.7 Å². The van der Waals surface area contributed by atoms with Crippen LogP contribution in [-0.4, -0.2) is 50.5 Å². The van der Waals surface area contributed by atoms with Gasteiger partial charge in [-0.1, -0.05) is 29.8 Å². The number of aliphatic hydroxyl groups excluding tert-OH is 1. The summed E-state index contributed by atoms with van der Waals surface area (Å²) in [6, 6.07) is 11.5. The van der Waals surface area contributed by atoms with Crippen molar-refractivity contribution in [2.45, 2.75) is 75.1 Å². The number of rotatable bonds is 1. The second-order valence-electron chi connectivity index (χ2n) is 13.6. The fraction of sp³-hybridized carbons (Fsp3) is 0.559. The molecular weight excluding hydrogens is 584 g/mol. The number of amides is 1. The molecule has 7 nitrogen and oxygen atoms in total. The quantitative estimate of drug-likeness (QED) is 0.399. The van der Waals surface area contributed by atoms with Gasteiger partial charge >= 0.3 is 0 Å². The molecule has 7 rings (SSSR count). The number of hydrogen-bond donors (Lipinski definition) is 2. The molecule has 0 unspecified atom stereocenters. The zero-order valence-electron chi connectivity index (χ0n) is 24.7. The number of benzene rings is 2. The molecule has 5 aliphatic rings. The molecule has 9 heteroatoms. The Hall–Kier alpha value is -2.55. The van der Waals surface area contributed by atoms with Crippen LogP contribution in [0, 0.1) is 23.7 Å². The lowest BCUT2D eigenvalue weighted by atomic mass is 9.68. The molecule has 2 bridgehead atoms. The number of carbonyl (C=O) groups excluding carboxylic acids is 1. The van der Waals surface area contributed by atoms with Gasteiger partial charge in [-0.05, 0) is 123 Å². The Balaban J connectivity index is 1.28. The van der Waals surface area contributed by atoms with E-state index in [9.17, 15) is 18.3 Å². The normalized spacial score (nSPS) is 34.5. The van der Waals surface area contributed by atoms with E-state index in [1.54, 1.807) is 19.1 Å². The number of hydrogen-bond acceptors (Lipinski definition) is 6. The van der Waals surface area contributed by atoms with Gasteiger partial charge < -0.3 is 14.7 Å². The highest BCUT2D eigenvalue weighted by Crippen LogP contribution is 2.47. The van der Waals surface area contributed by atoms with Crippen molar-refractivity contribution in [1.29, 1.82) is 0 Å². The maximum Gasteiger partial charge on any atom is 0.264 e. The summed E-state index contributed by atoms with van der Waals surface area (Å²) >= 11 is 6.40. The van der Waals surface area contributed by atoms with E-state index >= 15 is 0 Å². The number of nitrogens with one attached hydrogen (secondary N) is 1. The summed E-state index contributed by atoms with van der Waals surface area (Å²) in [5.41, 5.74) is 3.37. The second-order valence-corrected chi connectivity index (χ2v) is 16.1. The lowest BCUT2D eigenvalue weighted by molar-refractivity contribution is 0.0455. The molecule has 230 valence electrons. The van der Waals surface area contributed by atoms with Gasteiger partial charge in [0.2, 0.25) is 10.0 Å². The van der Waals surface area contributed by atoms with Gasteiger partial charge in [-0.15, -0.1) is 0 Å². The summed E-state index contributed by atoms with van der Waals surface area (Å²) < 4.78 is 35.9. The van der Waals surface area contributed by atoms with Crippen molar-refractivity contribution in [3.8, 4) is 5.75 Å². The molecule has 2 saturated carbocycles. The fourth-order valence-corrected chi connectivity index (χ4v) is 9.68. The molecule has 2 aliphatic heterocycles. The maximum absolute atomic E-state index is 13.5. The van der Waals surface area contributed by atoms with Crippen molar-refractivity contribution < 1.29 is 23.1 Å². The molecule has 0 saturated heterocycles. The van der Waals surface area contributed by atoms with E-state index in [1.165, 1.54) is 11.1 Å². The first-order chi connectivity index (χ1) is 20.6. The molecule has 43 heavy (non-hydrogen) atoms. The predicted molar refractivity (Wildman–Crippen MR) is 168 cm³/mol. The minimum atomic E-state index is -3.92. The van der Waals surface area contributed by atoms with Crippen molar-refractivity contribution in [3.05, 3.63) is 70.3 Å². The number of carbonyl (C=O) groups is 1. The zero-order valence-corrected chi connectivity index (χ0v) is 26.2. The molecule has 1 amide bonds. The molecule has 2 N–H and O–H groups in total. The third kappa shape index (κ3) is 5.48. The first kappa shape index (κ1) is 29.2. The first-order valence-corrected chi connectivity index (χ1v) is 17.8. The molecular formula is C34H41ClN2O5S. The molecule has 2 fully saturated rings. The smallest absolute Gasteiger partial charge is 0.264 e. The van der Waals surface area contributed by atoms with Crippen LogP contribution in [0.2, 0.25) is 5.02 Å². The summed E-state index contributed by atoms with van der Waals surface area (Å²) in [7, 11) is -3.92. The van der Waals surface area contributed by atoms with E-state index in [1.807, 2.05) is 24.3 Å². The molecule has 2 heterocycles. The molecule has 2 aromatic rings. The number of allylic oxidation sites excluding steroid dienone is 1. The summed E-state index contributed by atoms with van der Waals surface area (Å²) in [4.78, 5) is 15.8. The number of nitrogens with zero attached hydrogens (tertiary/aromatic N) is 1. The van der Waals surface area contributed by atoms with Gasteiger partial charge in [0.1, 0.15) is 5.75 Å². The van der Waals surface area contributed by atoms with Crippen LogP contribution in [0.25, 0.3) is 0 Å². The summed E-state index contributed by atoms with van der Waals surface area (Å²) in [5, 5.41) is 11.3. The largest absolute Gasteiger partial charge is 0.490 e. The second kappa shape index (κ2) is 11.1. The Morgan fingerprint density at radius 3 is 2.65 bits per heavy atom. The average molecular weight is 625 g/mol. The highest BCUT2D eigenvalue weighted by Gasteiger charge is 2.45. The molecule has 6 atom stereocenters. The Kier molecular flexibility index (Phi) is 7.54. The maximum atomic E-state index is 13.5. The van der Waals surface area contributed by atoms with Crippen molar-refractivity contribution >= 4 is 33.2 Å². The number of ether oxygens (including phenoxy) is 1. The van der Waals surface area contributed by atoms with E-state index in [0.717, 1.165) is 62.2 Å². The summed E-state index contributed by atoms with van der Waals surface area (Å²) in [6.45, 7) is 3.63. The Bertz CT molecular complexity index is 1560. The van der Waals surface area contributed by atoms with Gasteiger partial charge in [-0.3, -0.25) is 4.79 Å². The van der Waals surface area contributed by atoms with Crippen molar-refractivity contribution in [2.75, 3.05) is 24.6 Å². The zero-order chi connectivity index (χ0) is 29.9. The van der Waals surface area contributed by atoms with E-state index in [-0.39, 0.29) is 17.3 Å². The molecule has 2 aromatic carbocycles. The Morgan fingerprint density at radius 1 is 1.07 bits per heavy atom. The topological polar surface area (TPSA) is 95.9 Å². The average Bonchev–Trinajstić information content (AvgIpc) is 3.81. The molecule has 0 radical (unpaired) electrons. The predicted octanol–water partition coefficient (Wildman–Crippen LogP) is 5.63. The molecule has 3 aliphatic carbocycles. The highest BCUT2D eigenvalue weighted by molar-refractivity contribution is 7.90. The monoisotopic (exact) mass is 624 g/mol. The van der Waals surface area contributed by atoms with Crippen molar-refractivity contribution in [3.63, 3.8) is 0 Å². The van der Waals surface area contributed by atoms with Crippen LogP contribution in [0.1, 0.15) is 73.4 Å². The number of aryl methyl sites for hydroxylation is 1. The Morgan fingerprint density at radius 2 is 1.88 bits per heavy atom. The number of anilines is 1. The highest BCUT2D eigenvalue weighted by atomic mass is 35.5. The SMILES string of the molecule is C[C@@H]1[C@H](C2CC2)C/C=C\[C@H](O)[C@@H]2CC[C@H]2CN2C[C@@]3(CCCc4cc(Cl)ccc43)COc3ccc(cc32)C(=O)NS1(=O)=O. The summed E-state index contributed by atoms with van der Waals surface area (Å²) in [6.07, 6.45) is 10.8. The molecule has 1 spiro atoms. The van der Waals surface area contributed by atoms with Crippen LogP contribution in [0.3, 0.4) is 0 Å². The number of halogens is 1. The van der Waals surface area contributed by atoms with E-state index < -0.39 is 27.3 Å². The van der Waals surface area contributed by atoms with Gasteiger partial charge in [0.25, 0.3) is 5.91 Å². The van der Waals surface area contributed by atoms with Crippen molar-refractivity contribution in [2.24, 2.45) is 23.7 Å². The van der Waals surface area contributed by atoms with Crippen LogP contribution in [0.15, 0.2) is 48.6 Å². The van der Waals surface area contributed by atoms with Crippen LogP contribution in [0.4, 0.5) is 5.69 Å². The minimum Gasteiger partial charge on any atom is -0.490 e. The third-order valence-corrected chi connectivity index (χ3v) is 13.0. The minimum absolute atomic E-state index is 0.0979. The third-order valence-electron chi connectivity index (χ3n) is 11.0. The standard InChI is InChI=1S/C34H41ClN2O5S/c1-21-27(22-7-8-22)5-2-6-31(38)28-12-9-25(28)18-37-19-34(15-3-4-23-16-26(35)11-13-29(23)34)20-42-32-14-10-24(17-30(32)37)33(39)36-43(21,40)41/h2,6,10-11,13-14,16-17,21-22,25,27-28,31,38H,3-5,7-9,12,15,18-20H2,1H3,(H,36,39)/b6-2-/t21-,25+,27-,28-,31+,34+/m1/s1. The summed E-state index contributed by atoms with van der Waals surface area (Å²) in [5.74, 6) is 0.735. The van der Waals surface area contributed by atoms with Crippen LogP contribution < -0.4 is 14.4 Å². The Labute approximate surface area is 259 Å². The first-order valence-electron chi connectivity index (χ1n) is 15.8. The van der Waals surface area contributed by atoms with Crippen LogP contribution in [0.5, 0.6) is 5.75 Å². The number of fused-ring (bicyclic) bond motifs is 4. The number of aliphatic hydroxyl groups is 1. The van der Waals surface area contributed by atoms with Gasteiger partial charge in [0.15, 0.2) is 0 Å². The van der Waals surface area contributed by atoms with E-state index in [2.05, 4.69) is 21.8 Å². The van der Waals surface area contributed by atoms with Gasteiger partial charge in [-0.2, -0.15) is 0 Å². The van der Waals surface area contributed by atoms with Crippen LogP contribution in [-0.2, 0) is 21.9 Å². The lowest BCUT2D eigenvalue weighted by Crippen LogP contribution is -2.49.